The summed E-state index contributed by atoms with van der Waals surface area (Å²) in [4.78, 5) is 13.9. The molecule has 0 bridgehead atoms. The Morgan fingerprint density at radius 1 is 1.11 bits per heavy atom. The van der Waals surface area contributed by atoms with E-state index in [2.05, 4.69) is 35.8 Å². The molecule has 0 aliphatic heterocycles. The molecule has 4 aromatic rings. The fraction of sp³-hybridized carbons (Fsp3) is 0.190. The Morgan fingerprint density at radius 3 is 2.64 bits per heavy atom. The Labute approximate surface area is 171 Å². The number of fused-ring (bicyclic) bond motifs is 1. The molecule has 0 spiro atoms. The maximum absolute atomic E-state index is 5.54. The van der Waals surface area contributed by atoms with Gasteiger partial charge in [0.15, 0.2) is 0 Å². The first-order valence-electron chi connectivity index (χ1n) is 8.90. The predicted molar refractivity (Wildman–Crippen MR) is 114 cm³/mol. The van der Waals surface area contributed by atoms with E-state index in [1.807, 2.05) is 62.6 Å². The van der Waals surface area contributed by atoms with Gasteiger partial charge < -0.3 is 14.6 Å². The molecule has 0 saturated heterocycles. The van der Waals surface area contributed by atoms with Gasteiger partial charge in [-0.3, -0.25) is 4.98 Å². The van der Waals surface area contributed by atoms with E-state index >= 15 is 0 Å². The molecule has 0 unspecified atom stereocenters. The molecule has 0 fully saturated rings. The zero-order valence-electron chi connectivity index (χ0n) is 15.9. The Kier molecular flexibility index (Phi) is 5.00. The maximum atomic E-state index is 5.54. The molecule has 0 aliphatic carbocycles. The maximum Gasteiger partial charge on any atom is 0.230 e. The lowest BCUT2D eigenvalue weighted by atomic mass is 10.1. The van der Waals surface area contributed by atoms with Crippen LogP contribution < -0.4 is 10.1 Å². The van der Waals surface area contributed by atoms with Gasteiger partial charge in [0.05, 0.1) is 24.7 Å². The lowest BCUT2D eigenvalue weighted by Crippen LogP contribution is -2.07. The van der Waals surface area contributed by atoms with Gasteiger partial charge in [0.1, 0.15) is 16.0 Å². The van der Waals surface area contributed by atoms with E-state index in [-0.39, 0.29) is 0 Å². The van der Waals surface area contributed by atoms with Crippen LogP contribution in [0.5, 0.6) is 5.75 Å². The highest BCUT2D eigenvalue weighted by Crippen LogP contribution is 2.28. The van der Waals surface area contributed by atoms with Crippen LogP contribution in [0.2, 0.25) is 0 Å². The third kappa shape index (κ3) is 3.45. The van der Waals surface area contributed by atoms with E-state index in [1.165, 1.54) is 0 Å². The average Bonchev–Trinajstić information content (AvgIpc) is 3.09. The van der Waals surface area contributed by atoms with Gasteiger partial charge >= 0.3 is 0 Å². The minimum absolute atomic E-state index is 0.539. The van der Waals surface area contributed by atoms with Crippen molar-refractivity contribution in [3.05, 3.63) is 70.2 Å². The number of aromatic nitrogens is 4. The summed E-state index contributed by atoms with van der Waals surface area (Å²) in [6, 6.07) is 11.9. The van der Waals surface area contributed by atoms with Crippen LogP contribution in [-0.4, -0.2) is 26.6 Å². The second-order valence-electron chi connectivity index (χ2n) is 6.56. The molecule has 28 heavy (non-hydrogen) atoms. The smallest absolute Gasteiger partial charge is 0.230 e. The number of halogens is 1. The van der Waals surface area contributed by atoms with E-state index in [4.69, 9.17) is 9.72 Å². The summed E-state index contributed by atoms with van der Waals surface area (Å²) in [6.45, 7) is 4.63. The number of anilines is 2. The fourth-order valence-corrected chi connectivity index (χ4v) is 3.73. The zero-order valence-corrected chi connectivity index (χ0v) is 17.5. The van der Waals surface area contributed by atoms with Gasteiger partial charge in [-0.15, -0.1) is 0 Å². The molecular formula is C21H20BrN5O. The third-order valence-electron chi connectivity index (χ3n) is 4.67. The number of nitrogens with zero attached hydrogens (tertiary/aromatic N) is 4. The monoisotopic (exact) mass is 437 g/mol. The number of methoxy groups -OCH3 is 1. The van der Waals surface area contributed by atoms with E-state index in [9.17, 15) is 0 Å². The zero-order chi connectivity index (χ0) is 19.7. The van der Waals surface area contributed by atoms with Crippen LogP contribution in [0.25, 0.3) is 11.0 Å². The largest absolute Gasteiger partial charge is 0.496 e. The van der Waals surface area contributed by atoms with Crippen LogP contribution in [-0.2, 0) is 6.54 Å². The first-order chi connectivity index (χ1) is 13.6. The highest BCUT2D eigenvalue weighted by atomic mass is 79.9. The van der Waals surface area contributed by atoms with Crippen molar-refractivity contribution in [2.24, 2.45) is 0 Å². The van der Waals surface area contributed by atoms with Crippen LogP contribution in [0.1, 0.15) is 16.8 Å². The summed E-state index contributed by atoms with van der Waals surface area (Å²) in [7, 11) is 1.69. The first kappa shape index (κ1) is 18.4. The molecule has 4 rings (SSSR count). The van der Waals surface area contributed by atoms with Crippen molar-refractivity contribution in [1.29, 1.82) is 0 Å². The number of benzene rings is 1. The minimum atomic E-state index is 0.539. The molecule has 0 atom stereocenters. The van der Waals surface area contributed by atoms with Gasteiger partial charge in [0, 0.05) is 29.2 Å². The lowest BCUT2D eigenvalue weighted by Gasteiger charge is -2.13. The van der Waals surface area contributed by atoms with Crippen molar-refractivity contribution in [3.63, 3.8) is 0 Å². The Balaban J connectivity index is 1.72. The van der Waals surface area contributed by atoms with Crippen LogP contribution >= 0.6 is 15.9 Å². The molecule has 0 aliphatic rings. The van der Waals surface area contributed by atoms with Gasteiger partial charge in [0.25, 0.3) is 0 Å². The molecule has 1 aromatic carbocycles. The van der Waals surface area contributed by atoms with Crippen molar-refractivity contribution in [1.82, 2.24) is 19.5 Å². The number of aryl methyl sites for hydroxylation is 1. The summed E-state index contributed by atoms with van der Waals surface area (Å²) in [5.74, 6) is 1.42. The number of nitrogens with one attached hydrogen (secondary N) is 1. The topological polar surface area (TPSA) is 64.9 Å². The van der Waals surface area contributed by atoms with Gasteiger partial charge in [-0.05, 0) is 48.0 Å². The van der Waals surface area contributed by atoms with E-state index in [0.29, 0.717) is 12.5 Å². The summed E-state index contributed by atoms with van der Waals surface area (Å²) in [6.07, 6.45) is 3.85. The summed E-state index contributed by atoms with van der Waals surface area (Å²) in [5, 5.41) is 4.21. The summed E-state index contributed by atoms with van der Waals surface area (Å²) in [5.41, 5.74) is 4.79. The quantitative estimate of drug-likeness (QED) is 0.444. The van der Waals surface area contributed by atoms with Gasteiger partial charge in [0.2, 0.25) is 5.95 Å². The van der Waals surface area contributed by atoms with Crippen molar-refractivity contribution >= 4 is 38.6 Å². The van der Waals surface area contributed by atoms with Crippen molar-refractivity contribution in [3.8, 4) is 5.75 Å². The molecule has 0 radical (unpaired) electrons. The van der Waals surface area contributed by atoms with Crippen molar-refractivity contribution < 1.29 is 4.74 Å². The van der Waals surface area contributed by atoms with E-state index in [1.54, 1.807) is 7.11 Å². The number of rotatable bonds is 5. The second kappa shape index (κ2) is 7.59. The number of ether oxygens (including phenoxy) is 1. The van der Waals surface area contributed by atoms with Crippen LogP contribution in [0.3, 0.4) is 0 Å². The first-order valence-corrected chi connectivity index (χ1v) is 9.69. The lowest BCUT2D eigenvalue weighted by molar-refractivity contribution is 0.406. The third-order valence-corrected chi connectivity index (χ3v) is 5.28. The molecule has 6 nitrogen and oxygen atoms in total. The molecule has 7 heteroatoms. The van der Waals surface area contributed by atoms with Gasteiger partial charge in [-0.1, -0.05) is 18.2 Å². The molecular weight excluding hydrogens is 418 g/mol. The molecule has 142 valence electrons. The standard InChI is InChI=1S/C21H20BrN5O/c1-13-11-23-17(14(2)18(13)28-3)12-27-10-9-16-19(22)25-21(26-20(16)27)24-15-7-5-4-6-8-15/h4-11H,12H2,1-3H3,(H,24,25,26). The summed E-state index contributed by atoms with van der Waals surface area (Å²) < 4.78 is 8.36. The SMILES string of the molecule is COc1c(C)cnc(Cn2ccc3c(Br)nc(Nc4ccccc4)nc32)c1C. The van der Waals surface area contributed by atoms with E-state index < -0.39 is 0 Å². The van der Waals surface area contributed by atoms with E-state index in [0.717, 1.165) is 43.9 Å². The number of pyridine rings is 1. The minimum Gasteiger partial charge on any atom is -0.496 e. The van der Waals surface area contributed by atoms with Gasteiger partial charge in [-0.2, -0.15) is 4.98 Å². The van der Waals surface area contributed by atoms with Crippen molar-refractivity contribution in [2.75, 3.05) is 12.4 Å². The van der Waals surface area contributed by atoms with Crippen LogP contribution in [0.4, 0.5) is 11.6 Å². The highest BCUT2D eigenvalue weighted by molar-refractivity contribution is 9.10. The highest BCUT2D eigenvalue weighted by Gasteiger charge is 2.14. The second-order valence-corrected chi connectivity index (χ2v) is 7.31. The number of hydrogen-bond donors (Lipinski definition) is 1. The Hall–Kier alpha value is -2.93. The van der Waals surface area contributed by atoms with Crippen LogP contribution in [0, 0.1) is 13.8 Å². The number of hydrogen-bond acceptors (Lipinski definition) is 5. The van der Waals surface area contributed by atoms with Gasteiger partial charge in [-0.25, -0.2) is 4.98 Å². The summed E-state index contributed by atoms with van der Waals surface area (Å²) >= 11 is 3.57. The molecule has 0 saturated carbocycles. The van der Waals surface area contributed by atoms with Crippen LogP contribution in [0.15, 0.2) is 53.4 Å². The fourth-order valence-electron chi connectivity index (χ4n) is 3.25. The molecule has 0 amide bonds. The molecule has 3 heterocycles. The number of para-hydroxylation sites is 1. The Morgan fingerprint density at radius 2 is 1.89 bits per heavy atom. The molecule has 1 N–H and O–H groups in total. The van der Waals surface area contributed by atoms with Crippen molar-refractivity contribution in [2.45, 2.75) is 20.4 Å². The average molecular weight is 438 g/mol. The predicted octanol–water partition coefficient (Wildman–Crippen LogP) is 5.01. The Bertz CT molecular complexity index is 1140. The normalized spacial score (nSPS) is 11.0. The molecule has 3 aromatic heterocycles.